The van der Waals surface area contributed by atoms with Crippen LogP contribution in [0.5, 0.6) is 11.5 Å². The lowest BCUT2D eigenvalue weighted by Crippen LogP contribution is -2.31. The Morgan fingerprint density at radius 3 is 2.50 bits per heavy atom. The monoisotopic (exact) mass is 435 g/mol. The highest BCUT2D eigenvalue weighted by Crippen LogP contribution is 2.26. The van der Waals surface area contributed by atoms with Crippen molar-refractivity contribution < 1.29 is 19.0 Å². The quantitative estimate of drug-likeness (QED) is 0.503. The maximum Gasteiger partial charge on any atom is 0.359 e. The summed E-state index contributed by atoms with van der Waals surface area (Å²) in [4.78, 5) is 15.0. The molecular weight excluding hydrogens is 406 g/mol. The molecule has 0 spiro atoms. The minimum absolute atomic E-state index is 0.326. The average molecular weight is 436 g/mol. The predicted molar refractivity (Wildman–Crippen MR) is 121 cm³/mol. The van der Waals surface area contributed by atoms with Gasteiger partial charge in [0.05, 0.1) is 27.4 Å². The Kier molecular flexibility index (Phi) is 6.75. The van der Waals surface area contributed by atoms with Gasteiger partial charge in [-0.1, -0.05) is 24.3 Å². The van der Waals surface area contributed by atoms with Crippen LogP contribution in [-0.2, 0) is 30.8 Å². The summed E-state index contributed by atoms with van der Waals surface area (Å²) in [6.07, 6.45) is 0.821. The van der Waals surface area contributed by atoms with Crippen LogP contribution in [0.2, 0.25) is 0 Å². The Morgan fingerprint density at radius 2 is 1.78 bits per heavy atom. The van der Waals surface area contributed by atoms with E-state index in [2.05, 4.69) is 22.1 Å². The minimum Gasteiger partial charge on any atom is -0.497 e. The molecule has 1 aliphatic heterocycles. The molecule has 0 N–H and O–H groups in total. The summed E-state index contributed by atoms with van der Waals surface area (Å²) in [6, 6.07) is 16.0. The van der Waals surface area contributed by atoms with Gasteiger partial charge in [0, 0.05) is 37.3 Å². The van der Waals surface area contributed by atoms with E-state index in [0.717, 1.165) is 47.8 Å². The summed E-state index contributed by atoms with van der Waals surface area (Å²) in [6.45, 7) is 5.06. The van der Waals surface area contributed by atoms with Gasteiger partial charge in [-0.15, -0.1) is 0 Å². The molecule has 0 unspecified atom stereocenters. The average Bonchev–Trinajstić information content (AvgIpc) is 3.17. The van der Waals surface area contributed by atoms with Crippen molar-refractivity contribution in [1.82, 2.24) is 14.7 Å². The fourth-order valence-electron chi connectivity index (χ4n) is 4.11. The molecule has 0 radical (unpaired) electrons. The standard InChI is InChI=1S/C25H29N3O4/c1-4-32-25(29)24-22-17-27(15-19-6-5-7-21(14-19)31-3)13-12-23(22)28(26-24)16-18-8-10-20(30-2)11-9-18/h5-11,14H,4,12-13,15-17H2,1-3H3. The Morgan fingerprint density at radius 1 is 1.00 bits per heavy atom. The molecule has 0 saturated carbocycles. The fraction of sp³-hybridized carbons (Fsp3) is 0.360. The summed E-state index contributed by atoms with van der Waals surface area (Å²) in [5.41, 5.74) is 4.77. The van der Waals surface area contributed by atoms with Crippen LogP contribution >= 0.6 is 0 Å². The van der Waals surface area contributed by atoms with Crippen molar-refractivity contribution in [1.29, 1.82) is 0 Å². The number of benzene rings is 2. The van der Waals surface area contributed by atoms with Gasteiger partial charge in [-0.3, -0.25) is 9.58 Å². The first-order valence-corrected chi connectivity index (χ1v) is 10.8. The van der Waals surface area contributed by atoms with Crippen LogP contribution in [0, 0.1) is 0 Å². The number of aromatic nitrogens is 2. The minimum atomic E-state index is -0.361. The van der Waals surface area contributed by atoms with Gasteiger partial charge in [0.25, 0.3) is 0 Å². The Labute approximate surface area is 188 Å². The molecular formula is C25H29N3O4. The third kappa shape index (κ3) is 4.78. The van der Waals surface area contributed by atoms with Crippen LogP contribution in [0.3, 0.4) is 0 Å². The molecule has 32 heavy (non-hydrogen) atoms. The summed E-state index contributed by atoms with van der Waals surface area (Å²) >= 11 is 0. The lowest BCUT2D eigenvalue weighted by Gasteiger charge is -2.27. The van der Waals surface area contributed by atoms with Gasteiger partial charge < -0.3 is 14.2 Å². The number of ether oxygens (including phenoxy) is 3. The zero-order valence-electron chi connectivity index (χ0n) is 18.8. The molecule has 0 saturated heterocycles. The van der Waals surface area contributed by atoms with E-state index in [4.69, 9.17) is 14.2 Å². The van der Waals surface area contributed by atoms with E-state index in [1.807, 2.05) is 48.0 Å². The highest BCUT2D eigenvalue weighted by molar-refractivity contribution is 5.89. The zero-order chi connectivity index (χ0) is 22.5. The number of methoxy groups -OCH3 is 2. The van der Waals surface area contributed by atoms with Crippen LogP contribution in [0.4, 0.5) is 0 Å². The number of esters is 1. The Bertz CT molecular complexity index is 1080. The van der Waals surface area contributed by atoms with Gasteiger partial charge in [0.15, 0.2) is 5.69 Å². The first-order chi connectivity index (χ1) is 15.6. The molecule has 7 heteroatoms. The fourth-order valence-corrected chi connectivity index (χ4v) is 4.11. The van der Waals surface area contributed by atoms with E-state index in [0.29, 0.717) is 25.4 Å². The van der Waals surface area contributed by atoms with Crippen LogP contribution in [0.15, 0.2) is 48.5 Å². The Hall–Kier alpha value is -3.32. The van der Waals surface area contributed by atoms with Crippen molar-refractivity contribution in [3.63, 3.8) is 0 Å². The second kappa shape index (κ2) is 9.87. The van der Waals surface area contributed by atoms with Crippen LogP contribution in [0.25, 0.3) is 0 Å². The zero-order valence-corrected chi connectivity index (χ0v) is 18.8. The smallest absolute Gasteiger partial charge is 0.359 e. The van der Waals surface area contributed by atoms with Crippen molar-refractivity contribution in [2.24, 2.45) is 0 Å². The second-order valence-corrected chi connectivity index (χ2v) is 7.81. The van der Waals surface area contributed by atoms with Crippen molar-refractivity contribution in [2.45, 2.75) is 33.0 Å². The van der Waals surface area contributed by atoms with E-state index in [1.54, 1.807) is 14.2 Å². The van der Waals surface area contributed by atoms with Crippen molar-refractivity contribution in [2.75, 3.05) is 27.4 Å². The molecule has 7 nitrogen and oxygen atoms in total. The van der Waals surface area contributed by atoms with Gasteiger partial charge in [-0.05, 0) is 42.3 Å². The number of rotatable bonds is 8. The summed E-state index contributed by atoms with van der Waals surface area (Å²) in [5.74, 6) is 1.30. The summed E-state index contributed by atoms with van der Waals surface area (Å²) in [7, 11) is 3.33. The predicted octanol–water partition coefficient (Wildman–Crippen LogP) is 3.68. The maximum atomic E-state index is 12.7. The largest absolute Gasteiger partial charge is 0.497 e. The number of fused-ring (bicyclic) bond motifs is 1. The van der Waals surface area contributed by atoms with E-state index < -0.39 is 0 Å². The molecule has 168 valence electrons. The highest BCUT2D eigenvalue weighted by Gasteiger charge is 2.29. The van der Waals surface area contributed by atoms with Crippen LogP contribution in [-0.4, -0.2) is 48.0 Å². The number of carbonyl (C=O) groups excluding carboxylic acids is 1. The van der Waals surface area contributed by atoms with Crippen molar-refractivity contribution in [3.8, 4) is 11.5 Å². The molecule has 0 fully saturated rings. The molecule has 4 rings (SSSR count). The highest BCUT2D eigenvalue weighted by atomic mass is 16.5. The first kappa shape index (κ1) is 21.9. The third-order valence-corrected chi connectivity index (χ3v) is 5.71. The molecule has 2 heterocycles. The lowest BCUT2D eigenvalue weighted by molar-refractivity contribution is 0.0515. The normalized spacial score (nSPS) is 13.5. The number of carbonyl (C=O) groups is 1. The number of hydrogen-bond donors (Lipinski definition) is 0. The second-order valence-electron chi connectivity index (χ2n) is 7.81. The lowest BCUT2D eigenvalue weighted by atomic mass is 10.0. The van der Waals surface area contributed by atoms with Crippen LogP contribution < -0.4 is 9.47 Å². The van der Waals surface area contributed by atoms with E-state index in [-0.39, 0.29) is 5.97 Å². The van der Waals surface area contributed by atoms with Gasteiger partial charge in [0.2, 0.25) is 0 Å². The molecule has 0 amide bonds. The van der Waals surface area contributed by atoms with Crippen LogP contribution in [0.1, 0.15) is 39.8 Å². The van der Waals surface area contributed by atoms with Gasteiger partial charge in [-0.25, -0.2) is 4.79 Å². The SMILES string of the molecule is CCOC(=O)c1nn(Cc2ccc(OC)cc2)c2c1CN(Cc1cccc(OC)c1)CC2. The summed E-state index contributed by atoms with van der Waals surface area (Å²) < 4.78 is 17.9. The number of hydrogen-bond acceptors (Lipinski definition) is 6. The Balaban J connectivity index is 1.59. The molecule has 3 aromatic rings. The molecule has 1 aliphatic rings. The van der Waals surface area contributed by atoms with E-state index in [1.165, 1.54) is 5.56 Å². The molecule has 0 aliphatic carbocycles. The van der Waals surface area contributed by atoms with E-state index in [9.17, 15) is 4.79 Å². The van der Waals surface area contributed by atoms with Gasteiger partial charge in [-0.2, -0.15) is 5.10 Å². The number of nitrogens with zero attached hydrogens (tertiary/aromatic N) is 3. The molecule has 1 aromatic heterocycles. The molecule has 2 aromatic carbocycles. The molecule has 0 bridgehead atoms. The maximum absolute atomic E-state index is 12.7. The van der Waals surface area contributed by atoms with E-state index >= 15 is 0 Å². The van der Waals surface area contributed by atoms with Gasteiger partial charge in [0.1, 0.15) is 11.5 Å². The third-order valence-electron chi connectivity index (χ3n) is 5.71. The first-order valence-electron chi connectivity index (χ1n) is 10.8. The van der Waals surface area contributed by atoms with Crippen molar-refractivity contribution in [3.05, 3.63) is 76.6 Å². The van der Waals surface area contributed by atoms with Gasteiger partial charge >= 0.3 is 5.97 Å². The molecule has 0 atom stereocenters. The topological polar surface area (TPSA) is 65.8 Å². The van der Waals surface area contributed by atoms with Crippen molar-refractivity contribution >= 4 is 5.97 Å². The summed E-state index contributed by atoms with van der Waals surface area (Å²) in [5, 5.41) is 4.68.